The minimum atomic E-state index is -3.57. The summed E-state index contributed by atoms with van der Waals surface area (Å²) >= 11 is 0. The van der Waals surface area contributed by atoms with E-state index in [9.17, 15) is 8.42 Å². The van der Waals surface area contributed by atoms with Crippen molar-refractivity contribution in [3.63, 3.8) is 0 Å². The number of hydrogen-bond donors (Lipinski definition) is 1. The zero-order valence-corrected chi connectivity index (χ0v) is 10.7. The number of rotatable bonds is 3. The average molecular weight is 253 g/mol. The predicted molar refractivity (Wildman–Crippen MR) is 68.1 cm³/mol. The molecule has 2 N–H and O–H groups in total. The van der Waals surface area contributed by atoms with Crippen molar-refractivity contribution >= 4 is 10.0 Å². The van der Waals surface area contributed by atoms with Crippen molar-refractivity contribution in [2.45, 2.75) is 43.4 Å². The Labute approximate surface area is 103 Å². The van der Waals surface area contributed by atoms with Gasteiger partial charge in [0.2, 0.25) is 10.0 Å². The fourth-order valence-corrected chi connectivity index (χ4v) is 3.16. The Bertz CT molecular complexity index is 476. The number of sulfonamides is 1. The number of primary sulfonamides is 1. The Morgan fingerprint density at radius 3 is 2.53 bits per heavy atom. The van der Waals surface area contributed by atoms with E-state index in [2.05, 4.69) is 0 Å². The lowest BCUT2D eigenvalue weighted by atomic mass is 9.85. The van der Waals surface area contributed by atoms with Crippen molar-refractivity contribution in [2.75, 3.05) is 0 Å². The van der Waals surface area contributed by atoms with Gasteiger partial charge in [-0.15, -0.1) is 0 Å². The van der Waals surface area contributed by atoms with Gasteiger partial charge in [0.25, 0.3) is 0 Å². The topological polar surface area (TPSA) is 60.2 Å². The van der Waals surface area contributed by atoms with Gasteiger partial charge in [0.05, 0.1) is 4.90 Å². The highest BCUT2D eigenvalue weighted by Crippen LogP contribution is 2.27. The van der Waals surface area contributed by atoms with E-state index in [4.69, 9.17) is 5.14 Å². The molecule has 4 heteroatoms. The Balaban J connectivity index is 2.11. The van der Waals surface area contributed by atoms with Gasteiger partial charge in [0.1, 0.15) is 0 Å². The smallest absolute Gasteiger partial charge is 0.225 e. The molecule has 2 rings (SSSR count). The second kappa shape index (κ2) is 5.19. The summed E-state index contributed by atoms with van der Waals surface area (Å²) in [6.45, 7) is 0. The van der Waals surface area contributed by atoms with Gasteiger partial charge in [-0.1, -0.05) is 44.2 Å². The van der Waals surface area contributed by atoms with Crippen molar-refractivity contribution in [3.05, 3.63) is 29.8 Å². The van der Waals surface area contributed by atoms with Gasteiger partial charge in [-0.25, -0.2) is 13.6 Å². The summed E-state index contributed by atoms with van der Waals surface area (Å²) in [5.74, 6) is 0.708. The molecule has 0 aliphatic heterocycles. The van der Waals surface area contributed by atoms with Crippen molar-refractivity contribution in [2.24, 2.45) is 11.1 Å². The lowest BCUT2D eigenvalue weighted by Crippen LogP contribution is -2.13. The van der Waals surface area contributed by atoms with Crippen LogP contribution in [0, 0.1) is 5.92 Å². The maximum Gasteiger partial charge on any atom is 0.238 e. The molecule has 0 amide bonds. The number of benzene rings is 1. The molecule has 0 radical (unpaired) electrons. The molecule has 3 nitrogen and oxygen atoms in total. The van der Waals surface area contributed by atoms with Crippen molar-refractivity contribution in [3.8, 4) is 0 Å². The zero-order chi connectivity index (χ0) is 12.3. The van der Waals surface area contributed by atoms with Crippen LogP contribution in [-0.2, 0) is 16.4 Å². The summed E-state index contributed by atoms with van der Waals surface area (Å²) in [6.07, 6.45) is 7.45. The highest BCUT2D eigenvalue weighted by Gasteiger charge is 2.15. The van der Waals surface area contributed by atoms with Crippen LogP contribution < -0.4 is 5.14 Å². The molecule has 0 unspecified atom stereocenters. The van der Waals surface area contributed by atoms with Crippen LogP contribution in [-0.4, -0.2) is 8.42 Å². The van der Waals surface area contributed by atoms with Gasteiger partial charge in [-0.05, 0) is 30.0 Å². The van der Waals surface area contributed by atoms with Crippen LogP contribution in [0.15, 0.2) is 29.2 Å². The van der Waals surface area contributed by atoms with Gasteiger partial charge in [-0.3, -0.25) is 0 Å². The summed E-state index contributed by atoms with van der Waals surface area (Å²) in [6, 6.07) is 7.03. The van der Waals surface area contributed by atoms with Gasteiger partial charge < -0.3 is 0 Å². The highest BCUT2D eigenvalue weighted by atomic mass is 32.2. The van der Waals surface area contributed by atoms with Crippen molar-refractivity contribution in [1.29, 1.82) is 0 Å². The number of nitrogens with two attached hydrogens (primary N) is 1. The van der Waals surface area contributed by atoms with Crippen molar-refractivity contribution < 1.29 is 8.42 Å². The van der Waals surface area contributed by atoms with Crippen LogP contribution in [0.25, 0.3) is 0 Å². The standard InChI is InChI=1S/C13H19NO2S/c14-17(15,16)13-8-4-7-12(10-13)9-11-5-2-1-3-6-11/h4,7-8,10-11H,1-3,5-6,9H2,(H2,14,15,16). The molecular weight excluding hydrogens is 234 g/mol. The first-order chi connectivity index (χ1) is 8.05. The van der Waals surface area contributed by atoms with E-state index in [0.717, 1.165) is 12.0 Å². The fraction of sp³-hybridized carbons (Fsp3) is 0.538. The minimum absolute atomic E-state index is 0.228. The molecule has 1 aliphatic carbocycles. The predicted octanol–water partition coefficient (Wildman–Crippen LogP) is 2.46. The van der Waals surface area contributed by atoms with Gasteiger partial charge in [0, 0.05) is 0 Å². The summed E-state index contributed by atoms with van der Waals surface area (Å²) in [5, 5.41) is 5.13. The molecular formula is C13H19NO2S. The van der Waals surface area contributed by atoms with Gasteiger partial charge >= 0.3 is 0 Å². The Kier molecular flexibility index (Phi) is 3.84. The largest absolute Gasteiger partial charge is 0.238 e. The molecule has 0 atom stereocenters. The second-order valence-corrected chi connectivity index (χ2v) is 6.46. The summed E-state index contributed by atoms with van der Waals surface area (Å²) in [7, 11) is -3.57. The van der Waals surface area contributed by atoms with Crippen LogP contribution in [0.1, 0.15) is 37.7 Å². The summed E-state index contributed by atoms with van der Waals surface area (Å²) in [4.78, 5) is 0.228. The molecule has 1 fully saturated rings. The second-order valence-electron chi connectivity index (χ2n) is 4.90. The lowest BCUT2D eigenvalue weighted by molar-refractivity contribution is 0.356. The van der Waals surface area contributed by atoms with E-state index in [1.807, 2.05) is 6.07 Å². The molecule has 17 heavy (non-hydrogen) atoms. The van der Waals surface area contributed by atoms with E-state index in [0.29, 0.717) is 5.92 Å². The maximum atomic E-state index is 11.3. The van der Waals surface area contributed by atoms with E-state index >= 15 is 0 Å². The van der Waals surface area contributed by atoms with Gasteiger partial charge in [-0.2, -0.15) is 0 Å². The first-order valence-corrected chi connectivity index (χ1v) is 7.72. The monoisotopic (exact) mass is 253 g/mol. The maximum absolute atomic E-state index is 11.3. The molecule has 0 bridgehead atoms. The van der Waals surface area contributed by atoms with Crippen LogP contribution in [0.4, 0.5) is 0 Å². The Hall–Kier alpha value is -0.870. The first kappa shape index (κ1) is 12.6. The Morgan fingerprint density at radius 1 is 1.18 bits per heavy atom. The summed E-state index contributed by atoms with van der Waals surface area (Å²) < 4.78 is 22.5. The third-order valence-corrected chi connectivity index (χ3v) is 4.39. The highest BCUT2D eigenvalue weighted by molar-refractivity contribution is 7.89. The van der Waals surface area contributed by atoms with E-state index in [1.165, 1.54) is 32.1 Å². The zero-order valence-electron chi connectivity index (χ0n) is 9.93. The van der Waals surface area contributed by atoms with E-state index in [1.54, 1.807) is 18.2 Å². The van der Waals surface area contributed by atoms with Crippen LogP contribution in [0.2, 0.25) is 0 Å². The van der Waals surface area contributed by atoms with Crippen LogP contribution in [0.5, 0.6) is 0 Å². The molecule has 94 valence electrons. The SMILES string of the molecule is NS(=O)(=O)c1cccc(CC2CCCCC2)c1. The molecule has 0 saturated heterocycles. The quantitative estimate of drug-likeness (QED) is 0.899. The lowest BCUT2D eigenvalue weighted by Gasteiger charge is -2.21. The molecule has 0 heterocycles. The Morgan fingerprint density at radius 2 is 1.88 bits per heavy atom. The molecule has 1 aliphatic rings. The van der Waals surface area contributed by atoms with Gasteiger partial charge in [0.15, 0.2) is 0 Å². The molecule has 1 aromatic rings. The molecule has 0 aromatic heterocycles. The van der Waals surface area contributed by atoms with E-state index < -0.39 is 10.0 Å². The third kappa shape index (κ3) is 3.54. The average Bonchev–Trinajstić information content (AvgIpc) is 2.29. The molecule has 0 spiro atoms. The van der Waals surface area contributed by atoms with Crippen molar-refractivity contribution in [1.82, 2.24) is 0 Å². The first-order valence-electron chi connectivity index (χ1n) is 6.17. The third-order valence-electron chi connectivity index (χ3n) is 3.48. The van der Waals surface area contributed by atoms with Crippen LogP contribution >= 0.6 is 0 Å². The molecule has 1 aromatic carbocycles. The fourth-order valence-electron chi connectivity index (χ4n) is 2.57. The summed E-state index contributed by atoms with van der Waals surface area (Å²) in [5.41, 5.74) is 1.09. The minimum Gasteiger partial charge on any atom is -0.225 e. The van der Waals surface area contributed by atoms with Crippen LogP contribution in [0.3, 0.4) is 0 Å². The number of hydrogen-bond acceptors (Lipinski definition) is 2. The molecule has 1 saturated carbocycles. The normalized spacial score (nSPS) is 18.2. The van der Waals surface area contributed by atoms with E-state index in [-0.39, 0.29) is 4.90 Å².